The summed E-state index contributed by atoms with van der Waals surface area (Å²) in [5.74, 6) is 0.160. The number of nitrogens with one attached hydrogen (secondary N) is 1. The first-order valence-corrected chi connectivity index (χ1v) is 5.79. The summed E-state index contributed by atoms with van der Waals surface area (Å²) < 4.78 is 0. The van der Waals surface area contributed by atoms with Gasteiger partial charge < -0.3 is 10.2 Å². The molecule has 4 heteroatoms. The van der Waals surface area contributed by atoms with Gasteiger partial charge in [-0.3, -0.25) is 4.79 Å². The van der Waals surface area contributed by atoms with Crippen LogP contribution < -0.4 is 5.32 Å². The monoisotopic (exact) mass is 229 g/mol. The summed E-state index contributed by atoms with van der Waals surface area (Å²) in [5, 5.41) is 12.1. The summed E-state index contributed by atoms with van der Waals surface area (Å²) in [6.45, 7) is 3.90. The molecule has 1 N–H and O–H groups in total. The molecule has 1 aliphatic rings. The van der Waals surface area contributed by atoms with E-state index in [0.29, 0.717) is 31.6 Å². The average molecular weight is 229 g/mol. The van der Waals surface area contributed by atoms with E-state index < -0.39 is 0 Å². The van der Waals surface area contributed by atoms with E-state index in [0.717, 1.165) is 11.3 Å². The highest BCUT2D eigenvalue weighted by molar-refractivity contribution is 5.77. The number of nitrogens with zero attached hydrogens (tertiary/aromatic N) is 2. The van der Waals surface area contributed by atoms with Crippen molar-refractivity contribution < 1.29 is 4.79 Å². The maximum absolute atomic E-state index is 11.8. The van der Waals surface area contributed by atoms with Crippen LogP contribution in [0, 0.1) is 11.3 Å². The van der Waals surface area contributed by atoms with Gasteiger partial charge in [-0.15, -0.1) is 0 Å². The van der Waals surface area contributed by atoms with Crippen LogP contribution >= 0.6 is 0 Å². The fraction of sp³-hybridized carbons (Fsp3) is 0.385. The number of carbonyl (C=O) groups excluding carboxylic acids is 1. The van der Waals surface area contributed by atoms with Crippen LogP contribution in [0.4, 0.5) is 5.69 Å². The molecule has 0 fully saturated rings. The molecule has 1 amide bonds. The molecule has 0 atom stereocenters. The molecule has 1 aliphatic heterocycles. The highest BCUT2D eigenvalue weighted by Gasteiger charge is 2.17. The second kappa shape index (κ2) is 4.88. The van der Waals surface area contributed by atoms with Crippen LogP contribution in [0.3, 0.4) is 0 Å². The van der Waals surface area contributed by atoms with Crippen LogP contribution in [0.5, 0.6) is 0 Å². The van der Waals surface area contributed by atoms with Gasteiger partial charge in [0.25, 0.3) is 0 Å². The van der Waals surface area contributed by atoms with Gasteiger partial charge in [0.1, 0.15) is 0 Å². The normalized spacial score (nSPS) is 15.3. The van der Waals surface area contributed by atoms with Gasteiger partial charge in [0, 0.05) is 31.7 Å². The van der Waals surface area contributed by atoms with Gasteiger partial charge in [-0.25, -0.2) is 0 Å². The number of hydrogen-bond donors (Lipinski definition) is 1. The lowest BCUT2D eigenvalue weighted by Crippen LogP contribution is -2.33. The molecule has 0 unspecified atom stereocenters. The van der Waals surface area contributed by atoms with E-state index in [1.807, 2.05) is 24.0 Å². The third kappa shape index (κ3) is 2.39. The maximum Gasteiger partial charge on any atom is 0.224 e. The number of anilines is 1. The Morgan fingerprint density at radius 2 is 2.35 bits per heavy atom. The molecule has 0 aliphatic carbocycles. The smallest absolute Gasteiger partial charge is 0.224 e. The van der Waals surface area contributed by atoms with Crippen molar-refractivity contribution in [2.45, 2.75) is 19.9 Å². The van der Waals surface area contributed by atoms with Crippen molar-refractivity contribution in [3.05, 3.63) is 29.3 Å². The molecule has 1 aromatic carbocycles. The van der Waals surface area contributed by atoms with Gasteiger partial charge >= 0.3 is 0 Å². The zero-order chi connectivity index (χ0) is 12.3. The zero-order valence-electron chi connectivity index (χ0n) is 9.86. The third-order valence-electron chi connectivity index (χ3n) is 2.98. The largest absolute Gasteiger partial charge is 0.384 e. The van der Waals surface area contributed by atoms with Gasteiger partial charge in [0.15, 0.2) is 0 Å². The number of amides is 1. The quantitative estimate of drug-likeness (QED) is 0.797. The van der Waals surface area contributed by atoms with Crippen molar-refractivity contribution in [3.8, 4) is 6.07 Å². The Morgan fingerprint density at radius 3 is 3.06 bits per heavy atom. The minimum atomic E-state index is 0.160. The zero-order valence-corrected chi connectivity index (χ0v) is 9.86. The Bertz CT molecular complexity index is 476. The van der Waals surface area contributed by atoms with Crippen molar-refractivity contribution in [1.29, 1.82) is 5.26 Å². The topological polar surface area (TPSA) is 56.1 Å². The molecular formula is C13H15N3O. The second-order valence-electron chi connectivity index (χ2n) is 4.07. The lowest BCUT2D eigenvalue weighted by atomic mass is 10.1. The number of nitriles is 1. The predicted molar refractivity (Wildman–Crippen MR) is 65.4 cm³/mol. The van der Waals surface area contributed by atoms with Crippen LogP contribution in [-0.4, -0.2) is 23.9 Å². The first kappa shape index (κ1) is 11.5. The summed E-state index contributed by atoms with van der Waals surface area (Å²) in [6, 6.07) is 7.69. The fourth-order valence-electron chi connectivity index (χ4n) is 2.01. The molecule has 1 heterocycles. The molecule has 88 valence electrons. The molecule has 0 spiro atoms. The average Bonchev–Trinajstić information content (AvgIpc) is 2.34. The number of benzene rings is 1. The molecule has 2 rings (SSSR count). The van der Waals surface area contributed by atoms with Gasteiger partial charge in [-0.1, -0.05) is 0 Å². The summed E-state index contributed by atoms with van der Waals surface area (Å²) in [5.41, 5.74) is 2.67. The van der Waals surface area contributed by atoms with Crippen LogP contribution in [0.1, 0.15) is 24.5 Å². The van der Waals surface area contributed by atoms with Gasteiger partial charge in [-0.05, 0) is 30.7 Å². The Hall–Kier alpha value is -2.02. The summed E-state index contributed by atoms with van der Waals surface area (Å²) in [6.07, 6.45) is 0.521. The molecule has 4 nitrogen and oxygen atoms in total. The van der Waals surface area contributed by atoms with Crippen LogP contribution in [-0.2, 0) is 11.3 Å². The minimum Gasteiger partial charge on any atom is -0.384 e. The molecule has 0 aromatic heterocycles. The molecule has 0 saturated heterocycles. The van der Waals surface area contributed by atoms with Crippen molar-refractivity contribution in [1.82, 2.24) is 4.90 Å². The van der Waals surface area contributed by atoms with Gasteiger partial charge in [0.05, 0.1) is 11.6 Å². The van der Waals surface area contributed by atoms with Crippen LogP contribution in [0.15, 0.2) is 18.2 Å². The number of hydrogen-bond acceptors (Lipinski definition) is 3. The van der Waals surface area contributed by atoms with Gasteiger partial charge in [-0.2, -0.15) is 5.26 Å². The molecule has 0 bridgehead atoms. The summed E-state index contributed by atoms with van der Waals surface area (Å²) in [7, 11) is 0. The third-order valence-corrected chi connectivity index (χ3v) is 2.98. The van der Waals surface area contributed by atoms with Crippen molar-refractivity contribution >= 4 is 11.6 Å². The van der Waals surface area contributed by atoms with E-state index in [9.17, 15) is 4.79 Å². The first-order chi connectivity index (χ1) is 8.24. The highest BCUT2D eigenvalue weighted by Crippen LogP contribution is 2.21. The Morgan fingerprint density at radius 1 is 1.53 bits per heavy atom. The van der Waals surface area contributed by atoms with Crippen molar-refractivity contribution in [2.75, 3.05) is 18.4 Å². The lowest BCUT2D eigenvalue weighted by Gasteiger charge is -2.26. The van der Waals surface area contributed by atoms with E-state index >= 15 is 0 Å². The maximum atomic E-state index is 11.8. The Balaban J connectivity index is 2.36. The Labute approximate surface area is 101 Å². The highest BCUT2D eigenvalue weighted by atomic mass is 16.2. The van der Waals surface area contributed by atoms with Crippen LogP contribution in [0.2, 0.25) is 0 Å². The number of fused-ring (bicyclic) bond motifs is 1. The molecule has 0 radical (unpaired) electrons. The minimum absolute atomic E-state index is 0.160. The molecular weight excluding hydrogens is 214 g/mol. The molecule has 0 saturated carbocycles. The number of carbonyl (C=O) groups is 1. The summed E-state index contributed by atoms with van der Waals surface area (Å²) in [4.78, 5) is 13.6. The lowest BCUT2D eigenvalue weighted by molar-refractivity contribution is -0.131. The SMILES string of the molecule is CCN1Cc2cc(C#N)ccc2NCCC1=O. The standard InChI is InChI=1S/C13H15N3O/c1-2-16-9-11-7-10(8-14)3-4-12(11)15-6-5-13(16)17/h3-4,7,15H,2,5-6,9H2,1H3. The first-order valence-electron chi connectivity index (χ1n) is 5.79. The van der Waals surface area contributed by atoms with Gasteiger partial charge in [0.2, 0.25) is 5.91 Å². The predicted octanol–water partition coefficient (Wildman–Crippen LogP) is 1.72. The van der Waals surface area contributed by atoms with Crippen molar-refractivity contribution in [2.24, 2.45) is 0 Å². The molecule has 1 aromatic rings. The van der Waals surface area contributed by atoms with E-state index in [2.05, 4.69) is 11.4 Å². The summed E-state index contributed by atoms with van der Waals surface area (Å²) >= 11 is 0. The van der Waals surface area contributed by atoms with E-state index in [4.69, 9.17) is 5.26 Å². The van der Waals surface area contributed by atoms with E-state index in [1.54, 1.807) is 6.07 Å². The van der Waals surface area contributed by atoms with Crippen molar-refractivity contribution in [3.63, 3.8) is 0 Å². The van der Waals surface area contributed by atoms with E-state index in [-0.39, 0.29) is 5.91 Å². The fourth-order valence-corrected chi connectivity index (χ4v) is 2.01. The molecule has 17 heavy (non-hydrogen) atoms. The van der Waals surface area contributed by atoms with E-state index in [1.165, 1.54) is 0 Å². The van der Waals surface area contributed by atoms with Crippen LogP contribution in [0.25, 0.3) is 0 Å². The number of rotatable bonds is 1. The second-order valence-corrected chi connectivity index (χ2v) is 4.07. The Kier molecular flexibility index (Phi) is 3.29.